The lowest BCUT2D eigenvalue weighted by Gasteiger charge is -2.08. The van der Waals surface area contributed by atoms with Crippen LogP contribution < -0.4 is 15.7 Å². The Bertz CT molecular complexity index is 964. The van der Waals surface area contributed by atoms with Gasteiger partial charge in [-0.2, -0.15) is 0 Å². The summed E-state index contributed by atoms with van der Waals surface area (Å²) in [4.78, 5) is 4.38. The minimum absolute atomic E-state index is 0.0440. The number of rotatable bonds is 4. The van der Waals surface area contributed by atoms with Gasteiger partial charge in [0.2, 0.25) is 0 Å². The van der Waals surface area contributed by atoms with Crippen molar-refractivity contribution >= 4 is 24.7 Å². The Hall–Kier alpha value is -3.49. The summed E-state index contributed by atoms with van der Waals surface area (Å²) in [5.74, 6) is 0.321. The maximum Gasteiger partial charge on any atom is 0.707 e. The first kappa shape index (κ1) is 21.8. The molecule has 6 N–H and O–H groups in total. The van der Waals surface area contributed by atoms with Crippen molar-refractivity contribution in [1.82, 2.24) is 0 Å². The quantitative estimate of drug-likeness (QED) is 0.264. The van der Waals surface area contributed by atoms with Gasteiger partial charge in [0.15, 0.2) is 11.7 Å². The number of guanidine groups is 1. The fraction of sp³-hybridized carbons (Fsp3) is 0.0952. The molecule has 0 amide bonds. The van der Waals surface area contributed by atoms with E-state index >= 15 is 0 Å². The molecule has 3 aromatic rings. The molecule has 0 aliphatic carbocycles. The zero-order valence-corrected chi connectivity index (χ0v) is 16.3. The summed E-state index contributed by atoms with van der Waals surface area (Å²) in [6, 6.07) is 21.9. The molecule has 0 saturated carbocycles. The number of aromatic hydroxyl groups is 1. The summed E-state index contributed by atoms with van der Waals surface area (Å²) in [6.07, 6.45) is 0. The maximum atomic E-state index is 9.01. The SMILES string of the molecule is Cc1ccccc1N=C(N)Nc1ccccc1C.OB(O)Oc1ccccc1O. The molecule has 0 bridgehead atoms. The number of hydrogen-bond donors (Lipinski definition) is 5. The van der Waals surface area contributed by atoms with Crippen LogP contribution >= 0.6 is 0 Å². The molecule has 8 heteroatoms. The molecule has 0 radical (unpaired) electrons. The third kappa shape index (κ3) is 7.21. The Morgan fingerprint density at radius 2 is 1.48 bits per heavy atom. The summed E-state index contributed by atoms with van der Waals surface area (Å²) >= 11 is 0. The van der Waals surface area contributed by atoms with E-state index in [1.165, 1.54) is 12.1 Å². The van der Waals surface area contributed by atoms with Crippen LogP contribution in [-0.2, 0) is 0 Å². The molecule has 0 unspecified atom stereocenters. The van der Waals surface area contributed by atoms with Crippen LogP contribution in [0.2, 0.25) is 0 Å². The van der Waals surface area contributed by atoms with Gasteiger partial charge in [0.05, 0.1) is 5.69 Å². The fourth-order valence-corrected chi connectivity index (χ4v) is 2.37. The molecule has 3 rings (SSSR count). The summed E-state index contributed by atoms with van der Waals surface area (Å²) < 4.78 is 4.41. The minimum atomic E-state index is -1.90. The minimum Gasteiger partial charge on any atom is -0.509 e. The molecule has 0 aromatic heterocycles. The molecule has 3 aromatic carbocycles. The number of phenolic OH excluding ortho intramolecular Hbond substituents is 1. The number of nitrogens with two attached hydrogens (primary N) is 1. The number of para-hydroxylation sites is 4. The summed E-state index contributed by atoms with van der Waals surface area (Å²) in [5, 5.41) is 28.8. The van der Waals surface area contributed by atoms with Crippen LogP contribution in [0.25, 0.3) is 0 Å². The maximum absolute atomic E-state index is 9.01. The van der Waals surface area contributed by atoms with Gasteiger partial charge in [-0.1, -0.05) is 48.5 Å². The Morgan fingerprint density at radius 1 is 0.897 bits per heavy atom. The van der Waals surface area contributed by atoms with Crippen LogP contribution in [-0.4, -0.2) is 28.4 Å². The first-order chi connectivity index (χ1) is 13.9. The second-order valence-corrected chi connectivity index (χ2v) is 6.14. The van der Waals surface area contributed by atoms with Crippen molar-refractivity contribution in [2.75, 3.05) is 5.32 Å². The molecule has 0 fully saturated rings. The Labute approximate surface area is 170 Å². The van der Waals surface area contributed by atoms with Crippen LogP contribution in [0.15, 0.2) is 77.8 Å². The third-order valence-electron chi connectivity index (χ3n) is 3.86. The predicted octanol–water partition coefficient (Wildman–Crippen LogP) is 3.10. The van der Waals surface area contributed by atoms with Crippen molar-refractivity contribution in [1.29, 1.82) is 0 Å². The number of aryl methyl sites for hydroxylation is 2. The van der Waals surface area contributed by atoms with Gasteiger partial charge in [0, 0.05) is 5.69 Å². The number of hydrogen-bond acceptors (Lipinski definition) is 5. The lowest BCUT2D eigenvalue weighted by atomic mass is 10.2. The lowest BCUT2D eigenvalue weighted by Crippen LogP contribution is -2.22. The topological polar surface area (TPSA) is 120 Å². The fourth-order valence-electron chi connectivity index (χ4n) is 2.37. The molecule has 0 saturated heterocycles. The standard InChI is InChI=1S/C15H17N3.C6H7BO4/c1-11-7-3-5-9-13(11)17-15(16)18-14-10-6-4-8-12(14)2;8-5-3-1-2-4-6(5)11-7(9)10/h3-10H,1-2H3,(H3,16,17,18);1-4,8-10H. The van der Waals surface area contributed by atoms with E-state index in [4.69, 9.17) is 20.9 Å². The highest BCUT2D eigenvalue weighted by atomic mass is 16.6. The van der Waals surface area contributed by atoms with Gasteiger partial charge in [0.1, 0.15) is 5.75 Å². The van der Waals surface area contributed by atoms with Crippen molar-refractivity contribution in [3.63, 3.8) is 0 Å². The second kappa shape index (κ2) is 10.7. The molecule has 0 heterocycles. The van der Waals surface area contributed by atoms with Gasteiger partial charge in [-0.25, -0.2) is 4.99 Å². The van der Waals surface area contributed by atoms with Gasteiger partial charge >= 0.3 is 7.32 Å². The van der Waals surface area contributed by atoms with Crippen molar-refractivity contribution < 1.29 is 19.8 Å². The molecule has 0 aliphatic rings. The van der Waals surface area contributed by atoms with Crippen LogP contribution in [0.5, 0.6) is 11.5 Å². The number of anilines is 1. The summed E-state index contributed by atoms with van der Waals surface area (Å²) in [5.41, 5.74) is 10.0. The second-order valence-electron chi connectivity index (χ2n) is 6.14. The average molecular weight is 393 g/mol. The molecule has 0 spiro atoms. The smallest absolute Gasteiger partial charge is 0.509 e. The largest absolute Gasteiger partial charge is 0.707 e. The third-order valence-corrected chi connectivity index (χ3v) is 3.86. The van der Waals surface area contributed by atoms with Crippen molar-refractivity contribution in [2.45, 2.75) is 13.8 Å². The van der Waals surface area contributed by atoms with Crippen molar-refractivity contribution in [3.8, 4) is 11.5 Å². The van der Waals surface area contributed by atoms with E-state index in [0.29, 0.717) is 5.96 Å². The van der Waals surface area contributed by atoms with Gasteiger partial charge in [0.25, 0.3) is 0 Å². The van der Waals surface area contributed by atoms with Crippen LogP contribution in [0, 0.1) is 13.8 Å². The predicted molar refractivity (Wildman–Crippen MR) is 116 cm³/mol. The van der Waals surface area contributed by atoms with Gasteiger partial charge < -0.3 is 30.9 Å². The lowest BCUT2D eigenvalue weighted by molar-refractivity contribution is 0.281. The van der Waals surface area contributed by atoms with E-state index in [2.05, 4.69) is 15.0 Å². The highest BCUT2D eigenvalue weighted by molar-refractivity contribution is 6.33. The summed E-state index contributed by atoms with van der Waals surface area (Å²) in [6.45, 7) is 4.04. The number of nitrogens with one attached hydrogen (secondary N) is 1. The van der Waals surface area contributed by atoms with E-state index in [0.717, 1.165) is 22.5 Å². The summed E-state index contributed by atoms with van der Waals surface area (Å²) in [7, 11) is -1.90. The highest BCUT2D eigenvalue weighted by Crippen LogP contribution is 2.24. The highest BCUT2D eigenvalue weighted by Gasteiger charge is 2.12. The van der Waals surface area contributed by atoms with Crippen molar-refractivity contribution in [2.24, 2.45) is 10.7 Å². The number of aliphatic imine (C=N–C) groups is 1. The Balaban J connectivity index is 0.000000234. The molecule has 0 aliphatic heterocycles. The molecule has 29 heavy (non-hydrogen) atoms. The van der Waals surface area contributed by atoms with Gasteiger partial charge in [-0.3, -0.25) is 0 Å². The zero-order valence-electron chi connectivity index (χ0n) is 16.3. The van der Waals surface area contributed by atoms with E-state index in [-0.39, 0.29) is 11.5 Å². The number of benzene rings is 3. The average Bonchev–Trinajstić information content (AvgIpc) is 2.68. The van der Waals surface area contributed by atoms with E-state index in [9.17, 15) is 0 Å². The molecular formula is C21H24BN3O4. The normalized spacial score (nSPS) is 10.6. The van der Waals surface area contributed by atoms with Gasteiger partial charge in [-0.15, -0.1) is 0 Å². The Kier molecular flexibility index (Phi) is 8.08. The Morgan fingerprint density at radius 3 is 2.10 bits per heavy atom. The van der Waals surface area contributed by atoms with Crippen LogP contribution in [0.1, 0.15) is 11.1 Å². The van der Waals surface area contributed by atoms with E-state index in [1.807, 2.05) is 62.4 Å². The van der Waals surface area contributed by atoms with E-state index < -0.39 is 7.32 Å². The van der Waals surface area contributed by atoms with Gasteiger partial charge in [-0.05, 0) is 49.2 Å². The molecule has 0 atom stereocenters. The molecule has 150 valence electrons. The first-order valence-corrected chi connectivity index (χ1v) is 8.90. The number of phenols is 1. The van der Waals surface area contributed by atoms with Crippen LogP contribution in [0.3, 0.4) is 0 Å². The van der Waals surface area contributed by atoms with E-state index in [1.54, 1.807) is 12.1 Å². The van der Waals surface area contributed by atoms with Crippen LogP contribution in [0.4, 0.5) is 11.4 Å². The number of nitrogens with zero attached hydrogens (tertiary/aromatic N) is 1. The molecule has 7 nitrogen and oxygen atoms in total. The monoisotopic (exact) mass is 393 g/mol. The first-order valence-electron chi connectivity index (χ1n) is 8.90. The zero-order chi connectivity index (χ0) is 21.2. The van der Waals surface area contributed by atoms with Crippen molar-refractivity contribution in [3.05, 3.63) is 83.9 Å². The molecular weight excluding hydrogens is 369 g/mol.